The minimum absolute atomic E-state index is 0.146. The van der Waals surface area contributed by atoms with E-state index >= 15 is 0 Å². The molecule has 0 heteroatoms. The fourth-order valence-corrected chi connectivity index (χ4v) is 6.90. The van der Waals surface area contributed by atoms with Gasteiger partial charge in [0, 0.05) is 11.8 Å². The van der Waals surface area contributed by atoms with Crippen molar-refractivity contribution in [1.29, 1.82) is 0 Å². The second-order valence-corrected chi connectivity index (χ2v) is 11.0. The monoisotopic (exact) mass is 540 g/mol. The highest BCUT2D eigenvalue weighted by molar-refractivity contribution is 6.14. The standard InChI is InChI=1S/C42H28/c1-2-11-28-25-32(21-20-27(28)10-1)41-36-14-5-7-16-38(36)42(39-17-8-6-15-37(39)41)35-19-9-18-33-34(35)23-22-31-24-29-12-3-4-13-30(29)26-40(31)33/h1-26,36,38H/i5D,6D,7D,8D,14D,15D,16D,17D. The van der Waals surface area contributed by atoms with E-state index in [4.69, 9.17) is 5.48 Å². The van der Waals surface area contributed by atoms with Gasteiger partial charge in [-0.2, -0.15) is 0 Å². The van der Waals surface area contributed by atoms with Crippen LogP contribution in [-0.4, -0.2) is 0 Å². The summed E-state index contributed by atoms with van der Waals surface area (Å²) in [4.78, 5) is 0. The zero-order valence-corrected chi connectivity index (χ0v) is 22.5. The summed E-state index contributed by atoms with van der Waals surface area (Å²) in [5.41, 5.74) is 2.27. The molecule has 2 atom stereocenters. The first-order valence-corrected chi connectivity index (χ1v) is 14.2. The lowest BCUT2D eigenvalue weighted by Crippen LogP contribution is -2.40. The molecule has 0 N–H and O–H groups in total. The van der Waals surface area contributed by atoms with Crippen LogP contribution in [0.3, 0.4) is 0 Å². The number of benzene rings is 7. The third-order valence-corrected chi connectivity index (χ3v) is 8.79. The van der Waals surface area contributed by atoms with Crippen molar-refractivity contribution in [2.24, 2.45) is 11.8 Å². The Kier molecular flexibility index (Phi) is 3.69. The first-order chi connectivity index (χ1) is 24.2. The Labute approximate surface area is 256 Å². The maximum absolute atomic E-state index is 9.41. The molecule has 0 aromatic heterocycles. The third kappa shape index (κ3) is 3.49. The minimum Gasteiger partial charge on any atom is -0.0760 e. The number of hydrogen-bond acceptors (Lipinski definition) is 0. The van der Waals surface area contributed by atoms with Crippen LogP contribution in [0.15, 0.2) is 158 Å². The molecule has 7 aromatic rings. The van der Waals surface area contributed by atoms with Gasteiger partial charge in [0.2, 0.25) is 0 Å². The van der Waals surface area contributed by atoms with Crippen LogP contribution in [0.2, 0.25) is 0 Å². The molecule has 9 rings (SSSR count). The van der Waals surface area contributed by atoms with E-state index in [2.05, 4.69) is 24.3 Å². The van der Waals surface area contributed by atoms with Gasteiger partial charge >= 0.3 is 0 Å². The highest BCUT2D eigenvalue weighted by Gasteiger charge is 2.32. The fourth-order valence-electron chi connectivity index (χ4n) is 6.90. The SMILES string of the molecule is [2H]C1=C([2H])C2C(c3ccc4ccccc4c3)=c3c([2H])c([2H])c([2H])c([2H])c3=C(c3cccc4c3ccc3cc5ccccc5cc34)C2C([2H])=C1[2H]. The zero-order valence-electron chi connectivity index (χ0n) is 30.5. The van der Waals surface area contributed by atoms with Gasteiger partial charge in [0.1, 0.15) is 0 Å². The molecule has 0 bridgehead atoms. The summed E-state index contributed by atoms with van der Waals surface area (Å²) < 4.78 is 72.6. The molecule has 0 nitrogen and oxygen atoms in total. The van der Waals surface area contributed by atoms with Crippen molar-refractivity contribution in [2.45, 2.75) is 0 Å². The van der Waals surface area contributed by atoms with Gasteiger partial charge in [-0.3, -0.25) is 0 Å². The zero-order chi connectivity index (χ0) is 34.6. The third-order valence-electron chi connectivity index (χ3n) is 8.79. The van der Waals surface area contributed by atoms with Gasteiger partial charge < -0.3 is 0 Å². The number of allylic oxidation sites excluding steroid dienone is 4. The lowest BCUT2D eigenvalue weighted by atomic mass is 9.69. The fraction of sp³-hybridized carbons (Fsp3) is 0.0476. The van der Waals surface area contributed by atoms with Crippen LogP contribution >= 0.6 is 0 Å². The molecule has 0 heterocycles. The average Bonchev–Trinajstić information content (AvgIpc) is 3.15. The molecule has 0 aliphatic heterocycles. The highest BCUT2D eigenvalue weighted by Crippen LogP contribution is 2.43. The second-order valence-electron chi connectivity index (χ2n) is 11.0. The van der Waals surface area contributed by atoms with Gasteiger partial charge in [-0.15, -0.1) is 0 Å². The van der Waals surface area contributed by atoms with Crippen LogP contribution in [0.1, 0.15) is 22.1 Å². The summed E-state index contributed by atoms with van der Waals surface area (Å²) in [6.45, 7) is 0. The lowest BCUT2D eigenvalue weighted by Gasteiger charge is -2.34. The van der Waals surface area contributed by atoms with Crippen molar-refractivity contribution in [3.63, 3.8) is 0 Å². The maximum atomic E-state index is 9.41. The molecule has 0 saturated carbocycles. The van der Waals surface area contributed by atoms with Crippen LogP contribution < -0.4 is 10.4 Å². The number of hydrogen-bond donors (Lipinski definition) is 0. The van der Waals surface area contributed by atoms with Gasteiger partial charge in [0.15, 0.2) is 0 Å². The summed E-state index contributed by atoms with van der Waals surface area (Å²) in [5, 5.41) is 8.51. The first kappa shape index (κ1) is 16.9. The molecule has 2 unspecified atom stereocenters. The Bertz CT molecular complexity index is 2870. The molecule has 42 heavy (non-hydrogen) atoms. The van der Waals surface area contributed by atoms with E-state index in [-0.39, 0.29) is 58.8 Å². The van der Waals surface area contributed by atoms with Crippen LogP contribution in [0.4, 0.5) is 0 Å². The van der Waals surface area contributed by atoms with E-state index in [9.17, 15) is 5.48 Å². The molecule has 0 fully saturated rings. The van der Waals surface area contributed by atoms with E-state index in [0.717, 1.165) is 43.1 Å². The van der Waals surface area contributed by atoms with Gasteiger partial charge in [0.25, 0.3) is 0 Å². The van der Waals surface area contributed by atoms with Crippen molar-refractivity contribution in [3.05, 3.63) is 179 Å². The second kappa shape index (κ2) is 9.16. The molecule has 0 saturated heterocycles. The van der Waals surface area contributed by atoms with Crippen LogP contribution in [-0.2, 0) is 0 Å². The summed E-state index contributed by atoms with van der Waals surface area (Å²) in [6.07, 6.45) is 0. The normalized spacial score (nSPS) is 21.3. The molecular weight excluding hydrogens is 504 g/mol. The Morgan fingerprint density at radius 1 is 0.452 bits per heavy atom. The van der Waals surface area contributed by atoms with E-state index in [1.807, 2.05) is 84.9 Å². The van der Waals surface area contributed by atoms with Crippen LogP contribution in [0.25, 0.3) is 54.2 Å². The molecule has 2 aliphatic carbocycles. The van der Waals surface area contributed by atoms with Gasteiger partial charge in [-0.25, -0.2) is 0 Å². The van der Waals surface area contributed by atoms with Crippen molar-refractivity contribution < 1.29 is 11.0 Å². The van der Waals surface area contributed by atoms with E-state index < -0.39 is 11.8 Å². The van der Waals surface area contributed by atoms with E-state index in [1.54, 1.807) is 0 Å². The van der Waals surface area contributed by atoms with Crippen LogP contribution in [0, 0.1) is 11.8 Å². The van der Waals surface area contributed by atoms with Gasteiger partial charge in [0.05, 0.1) is 11.0 Å². The summed E-state index contributed by atoms with van der Waals surface area (Å²) in [5.74, 6) is -1.89. The van der Waals surface area contributed by atoms with Crippen molar-refractivity contribution in [3.8, 4) is 0 Å². The first-order valence-electron chi connectivity index (χ1n) is 18.2. The maximum Gasteiger partial charge on any atom is 0.0629 e. The molecular formula is C42H28. The number of rotatable bonds is 2. The molecule has 0 amide bonds. The Hall–Kier alpha value is -5.20. The molecule has 0 radical (unpaired) electrons. The van der Waals surface area contributed by atoms with Crippen LogP contribution in [0.5, 0.6) is 0 Å². The predicted molar refractivity (Wildman–Crippen MR) is 179 cm³/mol. The van der Waals surface area contributed by atoms with Gasteiger partial charge in [-0.1, -0.05) is 139 Å². The Balaban J connectivity index is 1.50. The Morgan fingerprint density at radius 3 is 1.88 bits per heavy atom. The van der Waals surface area contributed by atoms with E-state index in [1.165, 1.54) is 0 Å². The van der Waals surface area contributed by atoms with Crippen molar-refractivity contribution >= 4 is 54.2 Å². The van der Waals surface area contributed by atoms with Crippen molar-refractivity contribution in [1.82, 2.24) is 0 Å². The van der Waals surface area contributed by atoms with Crippen molar-refractivity contribution in [2.75, 3.05) is 0 Å². The smallest absolute Gasteiger partial charge is 0.0629 e. The quantitative estimate of drug-likeness (QED) is 0.152. The highest BCUT2D eigenvalue weighted by atomic mass is 14.3. The summed E-state index contributed by atoms with van der Waals surface area (Å²) in [6, 6.07) is 33.8. The topological polar surface area (TPSA) is 0 Å². The predicted octanol–water partition coefficient (Wildman–Crippen LogP) is 9.07. The van der Waals surface area contributed by atoms with E-state index in [0.29, 0.717) is 22.3 Å². The largest absolute Gasteiger partial charge is 0.0760 e. The average molecular weight is 541 g/mol. The molecule has 7 aromatic carbocycles. The summed E-state index contributed by atoms with van der Waals surface area (Å²) in [7, 11) is 0. The van der Waals surface area contributed by atoms with Gasteiger partial charge in [-0.05, 0) is 94.0 Å². The lowest BCUT2D eigenvalue weighted by molar-refractivity contribution is 0.687. The molecule has 2 aliphatic rings. The molecule has 0 spiro atoms. The Morgan fingerprint density at radius 2 is 1.10 bits per heavy atom. The summed E-state index contributed by atoms with van der Waals surface area (Å²) >= 11 is 0. The molecule has 196 valence electrons. The number of fused-ring (bicyclic) bond motifs is 7. The minimum atomic E-state index is -0.949.